The van der Waals surface area contributed by atoms with Crippen LogP contribution in [0.4, 0.5) is 14.9 Å². The van der Waals surface area contributed by atoms with Crippen molar-refractivity contribution in [2.75, 3.05) is 31.6 Å². The maximum atomic E-state index is 12.5. The minimum absolute atomic E-state index is 0.128. The van der Waals surface area contributed by atoms with Crippen LogP contribution in [0, 0.1) is 0 Å². The molecular formula is C31H33FN2O3. The molecule has 1 heterocycles. The first-order valence-corrected chi connectivity index (χ1v) is 13.1. The lowest BCUT2D eigenvalue weighted by molar-refractivity contribution is 0.198. The molecule has 192 valence electrons. The van der Waals surface area contributed by atoms with Crippen molar-refractivity contribution in [3.05, 3.63) is 95.1 Å². The van der Waals surface area contributed by atoms with Crippen molar-refractivity contribution >= 4 is 22.9 Å². The van der Waals surface area contributed by atoms with Crippen LogP contribution in [-0.4, -0.2) is 48.5 Å². The second-order valence-corrected chi connectivity index (χ2v) is 9.77. The summed E-state index contributed by atoms with van der Waals surface area (Å²) in [6.45, 7) is 2.30. The Balaban J connectivity index is 1.46. The van der Waals surface area contributed by atoms with Crippen molar-refractivity contribution in [1.29, 1.82) is 0 Å². The second kappa shape index (κ2) is 11.6. The molecule has 0 radical (unpaired) electrons. The van der Waals surface area contributed by atoms with E-state index in [1.165, 1.54) is 16.7 Å². The number of fused-ring (bicyclic) bond motifs is 1. The summed E-state index contributed by atoms with van der Waals surface area (Å²) in [4.78, 5) is 13.5. The quantitative estimate of drug-likeness (QED) is 0.354. The van der Waals surface area contributed by atoms with Crippen molar-refractivity contribution < 1.29 is 19.0 Å². The lowest BCUT2D eigenvalue weighted by Crippen LogP contribution is -2.26. The molecular weight excluding hydrogens is 467 g/mol. The number of rotatable bonds is 8. The topological polar surface area (TPSA) is 61.8 Å². The highest BCUT2D eigenvalue weighted by atomic mass is 19.1. The molecule has 0 saturated carbocycles. The number of ether oxygens (including phenoxy) is 1. The molecule has 0 unspecified atom stereocenters. The highest BCUT2D eigenvalue weighted by molar-refractivity contribution is 6.00. The van der Waals surface area contributed by atoms with Gasteiger partial charge in [-0.05, 0) is 89.8 Å². The van der Waals surface area contributed by atoms with Crippen LogP contribution in [0.1, 0.15) is 47.9 Å². The van der Waals surface area contributed by atoms with Gasteiger partial charge in [-0.3, -0.25) is 14.6 Å². The molecule has 1 amide bonds. The van der Waals surface area contributed by atoms with E-state index >= 15 is 0 Å². The molecule has 1 saturated heterocycles. The van der Waals surface area contributed by atoms with Gasteiger partial charge in [0.2, 0.25) is 0 Å². The van der Waals surface area contributed by atoms with Crippen molar-refractivity contribution in [2.45, 2.75) is 38.2 Å². The van der Waals surface area contributed by atoms with Gasteiger partial charge in [-0.1, -0.05) is 48.5 Å². The first-order chi connectivity index (χ1) is 18.1. The SMILES string of the molecule is O=C(O)Nc1ccc2c(c1)CCCC(c1ccccc1)=C2c1ccc(O[C@H]2CCN(CCCF)C2)cc1. The predicted octanol–water partition coefficient (Wildman–Crippen LogP) is 6.88. The third-order valence-corrected chi connectivity index (χ3v) is 7.21. The Bertz CT molecular complexity index is 1260. The number of nitrogens with zero attached hydrogens (tertiary/aromatic N) is 1. The fourth-order valence-electron chi connectivity index (χ4n) is 5.52. The number of allylic oxidation sites excluding steroid dienone is 1. The Hall–Kier alpha value is -3.64. The van der Waals surface area contributed by atoms with E-state index in [9.17, 15) is 14.3 Å². The average Bonchev–Trinajstić information content (AvgIpc) is 3.26. The van der Waals surface area contributed by atoms with E-state index in [0.29, 0.717) is 12.1 Å². The van der Waals surface area contributed by atoms with Gasteiger partial charge >= 0.3 is 6.09 Å². The fourth-order valence-corrected chi connectivity index (χ4v) is 5.52. The number of amides is 1. The van der Waals surface area contributed by atoms with E-state index in [2.05, 4.69) is 46.6 Å². The van der Waals surface area contributed by atoms with E-state index in [1.54, 1.807) is 0 Å². The molecule has 1 aliphatic carbocycles. The maximum Gasteiger partial charge on any atom is 0.409 e. The number of hydrogen-bond donors (Lipinski definition) is 2. The van der Waals surface area contributed by atoms with Crippen LogP contribution in [0.5, 0.6) is 5.75 Å². The van der Waals surface area contributed by atoms with Gasteiger partial charge in [0.15, 0.2) is 0 Å². The van der Waals surface area contributed by atoms with Gasteiger partial charge in [-0.15, -0.1) is 0 Å². The van der Waals surface area contributed by atoms with Gasteiger partial charge in [0, 0.05) is 25.3 Å². The molecule has 1 aliphatic heterocycles. The molecule has 3 aromatic rings. The Morgan fingerprint density at radius 3 is 2.59 bits per heavy atom. The van der Waals surface area contributed by atoms with Crippen LogP contribution in [0.3, 0.4) is 0 Å². The van der Waals surface area contributed by atoms with E-state index < -0.39 is 6.09 Å². The number of alkyl halides is 1. The molecule has 1 fully saturated rings. The average molecular weight is 501 g/mol. The fraction of sp³-hybridized carbons (Fsp3) is 0.323. The van der Waals surface area contributed by atoms with Crippen molar-refractivity contribution in [3.8, 4) is 5.75 Å². The molecule has 2 N–H and O–H groups in total. The third-order valence-electron chi connectivity index (χ3n) is 7.21. The molecule has 5 nitrogen and oxygen atoms in total. The van der Waals surface area contributed by atoms with Gasteiger partial charge < -0.3 is 9.84 Å². The first-order valence-electron chi connectivity index (χ1n) is 13.1. The standard InChI is InChI=1S/C31H33FN2O3/c32-17-5-18-34-19-16-27(21-34)37-26-13-10-23(11-14-26)30-28(22-6-2-1-3-7-22)9-4-8-24-20-25(33-31(35)36)12-15-29(24)30/h1-3,6-7,10-15,20,27,33H,4-5,8-9,16-19,21H2,(H,35,36)/t27-/m0/s1. The Morgan fingerprint density at radius 1 is 1.03 bits per heavy atom. The predicted molar refractivity (Wildman–Crippen MR) is 146 cm³/mol. The van der Waals surface area contributed by atoms with E-state index in [1.807, 2.05) is 36.4 Å². The number of likely N-dealkylation sites (tertiary alicyclic amines) is 1. The normalized spacial score (nSPS) is 17.8. The largest absolute Gasteiger partial charge is 0.489 e. The smallest absolute Gasteiger partial charge is 0.409 e. The number of benzene rings is 3. The zero-order chi connectivity index (χ0) is 25.6. The van der Waals surface area contributed by atoms with Crippen molar-refractivity contribution in [1.82, 2.24) is 4.90 Å². The molecule has 1 atom stereocenters. The number of halogens is 1. The molecule has 2 aliphatic rings. The highest BCUT2D eigenvalue weighted by Crippen LogP contribution is 2.41. The maximum absolute atomic E-state index is 12.5. The Kier molecular flexibility index (Phi) is 7.85. The molecule has 37 heavy (non-hydrogen) atoms. The van der Waals surface area contributed by atoms with E-state index in [0.717, 1.165) is 67.8 Å². The summed E-state index contributed by atoms with van der Waals surface area (Å²) in [6, 6.07) is 24.7. The summed E-state index contributed by atoms with van der Waals surface area (Å²) in [7, 11) is 0. The van der Waals surface area contributed by atoms with Crippen LogP contribution in [-0.2, 0) is 6.42 Å². The number of carbonyl (C=O) groups is 1. The summed E-state index contributed by atoms with van der Waals surface area (Å²) in [5.74, 6) is 0.845. The van der Waals surface area contributed by atoms with Gasteiger partial charge in [-0.2, -0.15) is 0 Å². The minimum atomic E-state index is -1.06. The molecule has 0 spiro atoms. The summed E-state index contributed by atoms with van der Waals surface area (Å²) >= 11 is 0. The summed E-state index contributed by atoms with van der Waals surface area (Å²) in [5.41, 5.74) is 7.68. The highest BCUT2D eigenvalue weighted by Gasteiger charge is 2.24. The number of anilines is 1. The third kappa shape index (κ3) is 6.03. The molecule has 5 rings (SSSR count). The van der Waals surface area contributed by atoms with Crippen LogP contribution >= 0.6 is 0 Å². The Labute approximate surface area is 217 Å². The van der Waals surface area contributed by atoms with Crippen molar-refractivity contribution in [3.63, 3.8) is 0 Å². The molecule has 0 aromatic heterocycles. The lowest BCUT2D eigenvalue weighted by atomic mass is 9.87. The lowest BCUT2D eigenvalue weighted by Gasteiger charge is -2.19. The first kappa shape index (κ1) is 25.0. The summed E-state index contributed by atoms with van der Waals surface area (Å²) in [5, 5.41) is 11.7. The minimum Gasteiger partial charge on any atom is -0.489 e. The van der Waals surface area contributed by atoms with Gasteiger partial charge in [0.25, 0.3) is 0 Å². The van der Waals surface area contributed by atoms with Gasteiger partial charge in [0.1, 0.15) is 11.9 Å². The van der Waals surface area contributed by atoms with Crippen LogP contribution < -0.4 is 10.1 Å². The molecule has 3 aromatic carbocycles. The van der Waals surface area contributed by atoms with Crippen LogP contribution in [0.15, 0.2) is 72.8 Å². The number of aryl methyl sites for hydroxylation is 1. The number of carboxylic acid groups (broad SMARTS) is 1. The van der Waals surface area contributed by atoms with Crippen molar-refractivity contribution in [2.24, 2.45) is 0 Å². The Morgan fingerprint density at radius 2 is 1.84 bits per heavy atom. The van der Waals surface area contributed by atoms with Crippen LogP contribution in [0.2, 0.25) is 0 Å². The summed E-state index contributed by atoms with van der Waals surface area (Å²) < 4.78 is 18.8. The van der Waals surface area contributed by atoms with Gasteiger partial charge in [-0.25, -0.2) is 4.79 Å². The van der Waals surface area contributed by atoms with Crippen LogP contribution in [0.25, 0.3) is 11.1 Å². The summed E-state index contributed by atoms with van der Waals surface area (Å²) in [6.07, 6.45) is 3.41. The van der Waals surface area contributed by atoms with Gasteiger partial charge in [0.05, 0.1) is 6.67 Å². The number of hydrogen-bond acceptors (Lipinski definition) is 3. The van der Waals surface area contributed by atoms with E-state index in [4.69, 9.17) is 4.74 Å². The molecule has 0 bridgehead atoms. The zero-order valence-electron chi connectivity index (χ0n) is 21.0. The van der Waals surface area contributed by atoms with E-state index in [-0.39, 0.29) is 12.8 Å². The zero-order valence-corrected chi connectivity index (χ0v) is 21.0. The number of nitrogens with one attached hydrogen (secondary N) is 1. The monoisotopic (exact) mass is 500 g/mol. The second-order valence-electron chi connectivity index (χ2n) is 9.77. The molecule has 6 heteroatoms.